The minimum atomic E-state index is -0.0372. The van der Waals surface area contributed by atoms with Gasteiger partial charge < -0.3 is 0 Å². The zero-order chi connectivity index (χ0) is 16.2. The second-order valence-electron chi connectivity index (χ2n) is 6.20. The van der Waals surface area contributed by atoms with Crippen molar-refractivity contribution in [2.75, 3.05) is 0 Å². The molecule has 118 valence electrons. The quantitative estimate of drug-likeness (QED) is 0.783. The predicted octanol–water partition coefficient (Wildman–Crippen LogP) is 3.76. The fraction of sp³-hybridized carbons (Fsp3) is 0.273. The van der Waals surface area contributed by atoms with E-state index in [0.717, 1.165) is 36.9 Å². The molecule has 1 saturated heterocycles. The van der Waals surface area contributed by atoms with Crippen molar-refractivity contribution >= 4 is 0 Å². The molecule has 4 rings (SSSR count). The number of hydroxylamine groups is 2. The Labute approximate surface area is 143 Å². The van der Waals surface area contributed by atoms with E-state index in [1.807, 2.05) is 30.3 Å². The van der Waals surface area contributed by atoms with Crippen LogP contribution in [0, 0.1) is 23.7 Å². The number of nitrogens with zero attached hydrogens (tertiary/aromatic N) is 1. The maximum absolute atomic E-state index is 6.13. The summed E-state index contributed by atoms with van der Waals surface area (Å²) in [4.78, 5) is 6.13. The van der Waals surface area contributed by atoms with Gasteiger partial charge in [-0.25, -0.2) is 0 Å². The minimum absolute atomic E-state index is 0.0372. The molecule has 1 fully saturated rings. The Bertz CT molecular complexity index is 835. The minimum Gasteiger partial charge on any atom is -0.282 e. The summed E-state index contributed by atoms with van der Waals surface area (Å²) in [6.07, 6.45) is 2.80. The zero-order valence-corrected chi connectivity index (χ0v) is 13.5. The Morgan fingerprint density at radius 1 is 0.958 bits per heavy atom. The lowest BCUT2D eigenvalue weighted by Gasteiger charge is -2.21. The van der Waals surface area contributed by atoms with Crippen LogP contribution < -0.4 is 0 Å². The number of hydrogen-bond acceptors (Lipinski definition) is 2. The first kappa shape index (κ1) is 15.0. The fourth-order valence-electron chi connectivity index (χ4n) is 3.19. The van der Waals surface area contributed by atoms with E-state index in [4.69, 9.17) is 4.84 Å². The number of rotatable bonds is 2. The van der Waals surface area contributed by atoms with Gasteiger partial charge in [-0.1, -0.05) is 66.1 Å². The molecule has 24 heavy (non-hydrogen) atoms. The van der Waals surface area contributed by atoms with Gasteiger partial charge in [0, 0.05) is 36.6 Å². The molecule has 0 aromatic heterocycles. The average molecular weight is 313 g/mol. The van der Waals surface area contributed by atoms with Crippen LogP contribution in [-0.2, 0) is 11.4 Å². The van der Waals surface area contributed by atoms with Crippen molar-refractivity contribution in [3.05, 3.63) is 71.3 Å². The third-order valence-electron chi connectivity index (χ3n) is 4.46. The summed E-state index contributed by atoms with van der Waals surface area (Å²) in [5.41, 5.74) is 3.28. The summed E-state index contributed by atoms with van der Waals surface area (Å²) in [6.45, 7) is 0.799. The largest absolute Gasteiger partial charge is 0.282 e. The monoisotopic (exact) mass is 313 g/mol. The third kappa shape index (κ3) is 3.36. The first-order chi connectivity index (χ1) is 11.9. The normalized spacial score (nSPS) is 22.3. The van der Waals surface area contributed by atoms with Gasteiger partial charge in [0.05, 0.1) is 0 Å². The molecule has 0 saturated carbocycles. The van der Waals surface area contributed by atoms with Crippen LogP contribution in [0.15, 0.2) is 54.6 Å². The first-order valence-electron chi connectivity index (χ1n) is 8.45. The molecular formula is C22H19NO. The smallest absolute Gasteiger partial charge is 0.141 e. The molecule has 0 unspecified atom stereocenters. The number of benzene rings is 2. The topological polar surface area (TPSA) is 12.5 Å². The molecule has 0 radical (unpaired) electrons. The van der Waals surface area contributed by atoms with Crippen molar-refractivity contribution in [3.63, 3.8) is 0 Å². The molecule has 2 heteroatoms. The predicted molar refractivity (Wildman–Crippen MR) is 94.7 cm³/mol. The van der Waals surface area contributed by atoms with Crippen LogP contribution in [0.2, 0.25) is 0 Å². The van der Waals surface area contributed by atoms with E-state index >= 15 is 0 Å². The van der Waals surface area contributed by atoms with Gasteiger partial charge in [-0.05, 0) is 24.1 Å². The summed E-state index contributed by atoms with van der Waals surface area (Å²) in [5.74, 6) is 13.1. The van der Waals surface area contributed by atoms with Gasteiger partial charge in [-0.3, -0.25) is 4.84 Å². The van der Waals surface area contributed by atoms with E-state index in [1.54, 1.807) is 0 Å². The van der Waals surface area contributed by atoms with E-state index in [2.05, 4.69) is 53.0 Å². The third-order valence-corrected chi connectivity index (χ3v) is 4.46. The van der Waals surface area contributed by atoms with Gasteiger partial charge in [0.2, 0.25) is 0 Å². The molecule has 2 aromatic rings. The maximum atomic E-state index is 6.13. The van der Waals surface area contributed by atoms with Crippen LogP contribution in [0.1, 0.15) is 36.0 Å². The average Bonchev–Trinajstić information content (AvgIpc) is 2.98. The lowest BCUT2D eigenvalue weighted by atomic mass is 10.1. The highest BCUT2D eigenvalue weighted by atomic mass is 16.7. The molecule has 1 heterocycles. The van der Waals surface area contributed by atoms with Crippen LogP contribution >= 0.6 is 0 Å². The van der Waals surface area contributed by atoms with Crippen LogP contribution in [0.3, 0.4) is 0 Å². The number of fused-ring (bicyclic) bond motifs is 3. The summed E-state index contributed by atoms with van der Waals surface area (Å²) in [5, 5.41) is 2.10. The second-order valence-corrected chi connectivity index (χ2v) is 6.20. The van der Waals surface area contributed by atoms with E-state index in [1.165, 1.54) is 5.56 Å². The SMILES string of the molecule is C1#Cc2ccccc2C#C[C@@H]2C[C@H](CC1)N(Cc1ccccc1)O2. The number of hydrogen-bond donors (Lipinski definition) is 0. The molecule has 0 N–H and O–H groups in total. The Morgan fingerprint density at radius 2 is 1.71 bits per heavy atom. The zero-order valence-electron chi connectivity index (χ0n) is 13.5. The highest BCUT2D eigenvalue weighted by Gasteiger charge is 2.32. The van der Waals surface area contributed by atoms with Crippen LogP contribution in [0.25, 0.3) is 0 Å². The van der Waals surface area contributed by atoms with Crippen molar-refractivity contribution in [3.8, 4) is 23.7 Å². The highest BCUT2D eigenvalue weighted by Crippen LogP contribution is 2.26. The van der Waals surface area contributed by atoms with Gasteiger partial charge in [-0.15, -0.1) is 0 Å². The van der Waals surface area contributed by atoms with Crippen molar-refractivity contribution < 1.29 is 4.84 Å². The maximum Gasteiger partial charge on any atom is 0.141 e. The lowest BCUT2D eigenvalue weighted by molar-refractivity contribution is -0.156. The molecular weight excluding hydrogens is 294 g/mol. The van der Waals surface area contributed by atoms with Gasteiger partial charge in [0.1, 0.15) is 6.10 Å². The molecule has 1 aliphatic heterocycles. The summed E-state index contributed by atoms with van der Waals surface area (Å²) >= 11 is 0. The summed E-state index contributed by atoms with van der Waals surface area (Å²) < 4.78 is 0. The Hall–Kier alpha value is -2.52. The lowest BCUT2D eigenvalue weighted by Crippen LogP contribution is -2.27. The van der Waals surface area contributed by atoms with Crippen LogP contribution in [0.5, 0.6) is 0 Å². The summed E-state index contributed by atoms with van der Waals surface area (Å²) in [6, 6.07) is 18.9. The Morgan fingerprint density at radius 3 is 2.54 bits per heavy atom. The molecule has 0 amide bonds. The van der Waals surface area contributed by atoms with Crippen molar-refractivity contribution in [1.29, 1.82) is 0 Å². The first-order valence-corrected chi connectivity index (χ1v) is 8.45. The van der Waals surface area contributed by atoms with Crippen LogP contribution in [-0.4, -0.2) is 17.2 Å². The molecule has 2 nitrogen and oxygen atoms in total. The standard InChI is InChI=1S/C22H19NO/c1-2-8-18(9-3-1)17-23-21-13-7-6-11-19-10-4-5-12-20(19)14-15-22(16-21)24-23/h1-5,8-10,12,21-22H,7,13,16-17H2/t21-,22+/m0/s1. The summed E-state index contributed by atoms with van der Waals surface area (Å²) in [7, 11) is 0. The molecule has 0 spiro atoms. The highest BCUT2D eigenvalue weighted by molar-refractivity contribution is 5.50. The van der Waals surface area contributed by atoms with E-state index < -0.39 is 0 Å². The molecule has 1 aliphatic carbocycles. The van der Waals surface area contributed by atoms with Crippen molar-refractivity contribution in [2.24, 2.45) is 0 Å². The van der Waals surface area contributed by atoms with Gasteiger partial charge >= 0.3 is 0 Å². The van der Waals surface area contributed by atoms with Crippen LogP contribution in [0.4, 0.5) is 0 Å². The van der Waals surface area contributed by atoms with Gasteiger partial charge in [-0.2, -0.15) is 5.06 Å². The van der Waals surface area contributed by atoms with Gasteiger partial charge in [0.15, 0.2) is 0 Å². The Kier molecular flexibility index (Phi) is 4.34. The molecule has 2 aromatic carbocycles. The van der Waals surface area contributed by atoms with E-state index in [9.17, 15) is 0 Å². The molecule has 2 aliphatic rings. The second kappa shape index (κ2) is 6.93. The molecule has 2 atom stereocenters. The van der Waals surface area contributed by atoms with E-state index in [0.29, 0.717) is 6.04 Å². The van der Waals surface area contributed by atoms with Crippen molar-refractivity contribution in [2.45, 2.75) is 38.0 Å². The Balaban J connectivity index is 1.58. The van der Waals surface area contributed by atoms with Crippen molar-refractivity contribution in [1.82, 2.24) is 5.06 Å². The van der Waals surface area contributed by atoms with Gasteiger partial charge in [0.25, 0.3) is 0 Å². The fourth-order valence-corrected chi connectivity index (χ4v) is 3.19. The molecule has 2 bridgehead atoms. The van der Waals surface area contributed by atoms with E-state index in [-0.39, 0.29) is 6.10 Å².